The fourth-order valence-corrected chi connectivity index (χ4v) is 6.44. The first kappa shape index (κ1) is 26.2. The Labute approximate surface area is 268 Å². The van der Waals surface area contributed by atoms with E-state index in [0.717, 1.165) is 79.4 Å². The van der Waals surface area contributed by atoms with Crippen LogP contribution in [0, 0.1) is 0 Å². The van der Waals surface area contributed by atoms with Gasteiger partial charge in [0.2, 0.25) is 0 Å². The quantitative estimate of drug-likeness (QED) is 0.203. The maximum atomic E-state index is 6.44. The molecular weight excluding hydrogens is 564 g/mol. The SMILES string of the molecule is c1ccc(N2c3ccccc3Oc3cc(-c4ccc(-c5ccc6c(c5)Oc5ccccc5N6c5ccccc5)cc4)ccc32)cc1. The molecule has 0 saturated heterocycles. The Kier molecular flexibility index (Phi) is 6.10. The van der Waals surface area contributed by atoms with Crippen molar-refractivity contribution < 1.29 is 9.47 Å². The first-order valence-electron chi connectivity index (χ1n) is 15.4. The third-order valence-corrected chi connectivity index (χ3v) is 8.63. The summed E-state index contributed by atoms with van der Waals surface area (Å²) in [4.78, 5) is 4.52. The maximum Gasteiger partial charge on any atom is 0.152 e. The number of nitrogens with zero attached hydrogens (tertiary/aromatic N) is 2. The van der Waals surface area contributed by atoms with Gasteiger partial charge in [0.25, 0.3) is 0 Å². The van der Waals surface area contributed by atoms with Crippen molar-refractivity contribution in [1.82, 2.24) is 0 Å². The van der Waals surface area contributed by atoms with E-state index in [1.807, 2.05) is 48.5 Å². The molecule has 0 aliphatic carbocycles. The molecule has 0 amide bonds. The van der Waals surface area contributed by atoms with Crippen LogP contribution in [0.5, 0.6) is 23.0 Å². The Bertz CT molecular complexity index is 2050. The molecule has 0 saturated carbocycles. The van der Waals surface area contributed by atoms with Gasteiger partial charge in [0.1, 0.15) is 0 Å². The predicted octanol–water partition coefficient (Wildman–Crippen LogP) is 12.2. The lowest BCUT2D eigenvalue weighted by Gasteiger charge is -2.33. The van der Waals surface area contributed by atoms with Crippen molar-refractivity contribution >= 4 is 34.1 Å². The first-order chi connectivity index (χ1) is 22.8. The van der Waals surface area contributed by atoms with Crippen molar-refractivity contribution in [3.8, 4) is 45.3 Å². The Hall–Kier alpha value is -6.26. The van der Waals surface area contributed by atoms with E-state index in [1.54, 1.807) is 0 Å². The van der Waals surface area contributed by atoms with Crippen LogP contribution in [0.25, 0.3) is 22.3 Å². The molecular formula is C42H28N2O2. The summed E-state index contributed by atoms with van der Waals surface area (Å²) in [5.41, 5.74) is 10.7. The van der Waals surface area contributed by atoms with Crippen LogP contribution >= 0.6 is 0 Å². The van der Waals surface area contributed by atoms with Crippen LogP contribution < -0.4 is 19.3 Å². The van der Waals surface area contributed by atoms with Crippen molar-refractivity contribution in [3.05, 3.63) is 170 Å². The van der Waals surface area contributed by atoms with Crippen molar-refractivity contribution in [2.45, 2.75) is 0 Å². The first-order valence-corrected chi connectivity index (χ1v) is 15.4. The summed E-state index contributed by atoms with van der Waals surface area (Å²) in [6.07, 6.45) is 0. The van der Waals surface area contributed by atoms with Crippen molar-refractivity contribution in [1.29, 1.82) is 0 Å². The van der Waals surface area contributed by atoms with Crippen molar-refractivity contribution in [3.63, 3.8) is 0 Å². The van der Waals surface area contributed by atoms with Crippen LogP contribution in [-0.4, -0.2) is 0 Å². The lowest BCUT2D eigenvalue weighted by Crippen LogP contribution is -2.15. The molecule has 0 atom stereocenters. The Morgan fingerprint density at radius 3 is 1.07 bits per heavy atom. The second kappa shape index (κ2) is 10.7. The molecule has 0 radical (unpaired) electrons. The van der Waals surface area contributed by atoms with Gasteiger partial charge in [-0.05, 0) is 95.1 Å². The molecule has 0 fully saturated rings. The van der Waals surface area contributed by atoms with E-state index in [9.17, 15) is 0 Å². The molecule has 9 rings (SSSR count). The van der Waals surface area contributed by atoms with Gasteiger partial charge < -0.3 is 19.3 Å². The summed E-state index contributed by atoms with van der Waals surface area (Å²) < 4.78 is 12.9. The minimum Gasteiger partial charge on any atom is -0.453 e. The molecule has 0 spiro atoms. The molecule has 2 heterocycles. The highest BCUT2D eigenvalue weighted by Crippen LogP contribution is 2.52. The summed E-state index contributed by atoms with van der Waals surface area (Å²) in [6, 6.07) is 58.8. The van der Waals surface area contributed by atoms with Gasteiger partial charge in [-0.3, -0.25) is 0 Å². The maximum absolute atomic E-state index is 6.44. The number of ether oxygens (including phenoxy) is 2. The second-order valence-corrected chi connectivity index (χ2v) is 11.4. The topological polar surface area (TPSA) is 24.9 Å². The minimum absolute atomic E-state index is 0.833. The van der Waals surface area contributed by atoms with E-state index in [4.69, 9.17) is 9.47 Å². The number of hydrogen-bond acceptors (Lipinski definition) is 4. The second-order valence-electron chi connectivity index (χ2n) is 11.4. The molecule has 218 valence electrons. The van der Waals surface area contributed by atoms with E-state index in [2.05, 4.69) is 131 Å². The number of rotatable bonds is 4. The van der Waals surface area contributed by atoms with E-state index < -0.39 is 0 Å². The lowest BCUT2D eigenvalue weighted by molar-refractivity contribution is 0.477. The number of para-hydroxylation sites is 6. The number of hydrogen-bond donors (Lipinski definition) is 0. The van der Waals surface area contributed by atoms with E-state index in [0.29, 0.717) is 0 Å². The smallest absolute Gasteiger partial charge is 0.152 e. The van der Waals surface area contributed by atoms with Crippen LogP contribution in [-0.2, 0) is 0 Å². The molecule has 46 heavy (non-hydrogen) atoms. The average Bonchev–Trinajstić information content (AvgIpc) is 3.13. The van der Waals surface area contributed by atoms with Crippen LogP contribution in [0.15, 0.2) is 170 Å². The van der Waals surface area contributed by atoms with Gasteiger partial charge in [0.15, 0.2) is 23.0 Å². The zero-order valence-electron chi connectivity index (χ0n) is 24.9. The highest BCUT2D eigenvalue weighted by molar-refractivity contribution is 5.89. The van der Waals surface area contributed by atoms with Gasteiger partial charge in [-0.2, -0.15) is 0 Å². The Balaban J connectivity index is 1.04. The van der Waals surface area contributed by atoms with E-state index in [-0.39, 0.29) is 0 Å². The molecule has 7 aromatic rings. The van der Waals surface area contributed by atoms with Crippen molar-refractivity contribution in [2.75, 3.05) is 9.80 Å². The number of benzene rings is 7. The van der Waals surface area contributed by atoms with Crippen LogP contribution in [0.2, 0.25) is 0 Å². The standard InChI is InChI=1S/C42H28N2O2/c1-3-11-33(12-4-1)43-35-15-7-9-17-39(35)45-41-27-31(23-25-37(41)43)29-19-21-30(22-20-29)32-24-26-38-42(28-32)46-40-18-10-8-16-36(40)44(38)34-13-5-2-6-14-34/h1-28H. The highest BCUT2D eigenvalue weighted by atomic mass is 16.5. The van der Waals surface area contributed by atoms with Gasteiger partial charge >= 0.3 is 0 Å². The minimum atomic E-state index is 0.833. The third kappa shape index (κ3) is 4.39. The molecule has 0 aromatic heterocycles. The summed E-state index contributed by atoms with van der Waals surface area (Å²) >= 11 is 0. The average molecular weight is 593 g/mol. The monoisotopic (exact) mass is 592 g/mol. The zero-order chi connectivity index (χ0) is 30.5. The highest BCUT2D eigenvalue weighted by Gasteiger charge is 2.27. The number of fused-ring (bicyclic) bond motifs is 4. The molecule has 4 heteroatoms. The van der Waals surface area contributed by atoms with E-state index >= 15 is 0 Å². The molecule has 4 nitrogen and oxygen atoms in total. The van der Waals surface area contributed by atoms with Gasteiger partial charge in [0.05, 0.1) is 22.7 Å². The van der Waals surface area contributed by atoms with Crippen LogP contribution in [0.3, 0.4) is 0 Å². The zero-order valence-corrected chi connectivity index (χ0v) is 24.9. The molecule has 0 unspecified atom stereocenters. The normalized spacial score (nSPS) is 12.6. The predicted molar refractivity (Wildman–Crippen MR) is 187 cm³/mol. The third-order valence-electron chi connectivity index (χ3n) is 8.63. The van der Waals surface area contributed by atoms with Gasteiger partial charge in [-0.25, -0.2) is 0 Å². The van der Waals surface area contributed by atoms with Crippen LogP contribution in [0.1, 0.15) is 0 Å². The molecule has 2 aliphatic heterocycles. The van der Waals surface area contributed by atoms with Gasteiger partial charge in [0, 0.05) is 11.4 Å². The van der Waals surface area contributed by atoms with Gasteiger partial charge in [-0.1, -0.05) is 97.1 Å². The lowest BCUT2D eigenvalue weighted by atomic mass is 9.98. The number of anilines is 6. The summed E-state index contributed by atoms with van der Waals surface area (Å²) in [7, 11) is 0. The molecule has 2 aliphatic rings. The molecule has 0 bridgehead atoms. The largest absolute Gasteiger partial charge is 0.453 e. The Morgan fingerprint density at radius 1 is 0.283 bits per heavy atom. The van der Waals surface area contributed by atoms with E-state index in [1.165, 1.54) is 0 Å². The molecule has 7 aromatic carbocycles. The fraction of sp³-hybridized carbons (Fsp3) is 0. The fourth-order valence-electron chi connectivity index (χ4n) is 6.44. The van der Waals surface area contributed by atoms with Crippen molar-refractivity contribution in [2.24, 2.45) is 0 Å². The summed E-state index contributed by atoms with van der Waals surface area (Å²) in [6.45, 7) is 0. The summed E-state index contributed by atoms with van der Waals surface area (Å²) in [5.74, 6) is 3.35. The summed E-state index contributed by atoms with van der Waals surface area (Å²) in [5, 5.41) is 0. The molecule has 0 N–H and O–H groups in total. The van der Waals surface area contributed by atoms with Crippen LogP contribution in [0.4, 0.5) is 34.1 Å². The van der Waals surface area contributed by atoms with Gasteiger partial charge in [-0.15, -0.1) is 0 Å². The Morgan fingerprint density at radius 2 is 0.630 bits per heavy atom.